The Kier molecular flexibility index (Phi) is 3.61. The molecule has 1 aromatic heterocycles. The number of rotatable bonds is 4. The van der Waals surface area contributed by atoms with Crippen molar-refractivity contribution in [3.63, 3.8) is 0 Å². The zero-order valence-electron chi connectivity index (χ0n) is 10.5. The lowest BCUT2D eigenvalue weighted by Gasteiger charge is -2.15. The second-order valence-corrected chi connectivity index (χ2v) is 4.42. The lowest BCUT2D eigenvalue weighted by Crippen LogP contribution is -2.32. The molecular formula is C13H19N3O. The number of nitrogens with one attached hydrogen (secondary N) is 1. The highest BCUT2D eigenvalue weighted by atomic mass is 16.2. The van der Waals surface area contributed by atoms with E-state index in [9.17, 15) is 4.79 Å². The van der Waals surface area contributed by atoms with E-state index in [1.54, 1.807) is 11.9 Å². The molecule has 4 nitrogen and oxygen atoms in total. The van der Waals surface area contributed by atoms with E-state index in [-0.39, 0.29) is 5.91 Å². The molecule has 0 bridgehead atoms. The van der Waals surface area contributed by atoms with Crippen molar-refractivity contribution in [3.8, 4) is 0 Å². The molecule has 1 amide bonds. The van der Waals surface area contributed by atoms with Gasteiger partial charge in [-0.1, -0.05) is 6.07 Å². The predicted octanol–water partition coefficient (Wildman–Crippen LogP) is 1.46. The average Bonchev–Trinajstić information content (AvgIpc) is 2.82. The topological polar surface area (TPSA) is 45.2 Å². The van der Waals surface area contributed by atoms with Crippen LogP contribution in [0.15, 0.2) is 12.1 Å². The van der Waals surface area contributed by atoms with E-state index >= 15 is 0 Å². The monoisotopic (exact) mass is 233 g/mol. The van der Waals surface area contributed by atoms with Gasteiger partial charge in [0, 0.05) is 19.3 Å². The molecule has 1 aromatic rings. The molecule has 0 saturated heterocycles. The van der Waals surface area contributed by atoms with Crippen molar-refractivity contribution >= 4 is 11.7 Å². The van der Waals surface area contributed by atoms with Crippen molar-refractivity contribution in [2.75, 3.05) is 25.5 Å². The summed E-state index contributed by atoms with van der Waals surface area (Å²) in [5, 5.41) is 3.09. The Morgan fingerprint density at radius 3 is 3.06 bits per heavy atom. The number of likely N-dealkylation sites (N-methyl/N-ethyl adjacent to an activating group) is 1. The molecule has 0 unspecified atom stereocenters. The van der Waals surface area contributed by atoms with E-state index in [0.717, 1.165) is 25.2 Å². The molecule has 0 aromatic carbocycles. The van der Waals surface area contributed by atoms with Gasteiger partial charge in [0.15, 0.2) is 0 Å². The zero-order chi connectivity index (χ0) is 12.3. The lowest BCUT2D eigenvalue weighted by atomic mass is 10.2. The number of carbonyl (C=O) groups excluding carboxylic acids is 1. The molecule has 4 heteroatoms. The third kappa shape index (κ3) is 2.75. The molecule has 2 rings (SSSR count). The first-order chi connectivity index (χ1) is 8.20. The summed E-state index contributed by atoms with van der Waals surface area (Å²) in [6.45, 7) is 3.01. The van der Waals surface area contributed by atoms with E-state index in [0.29, 0.717) is 6.54 Å². The molecule has 1 heterocycles. The summed E-state index contributed by atoms with van der Waals surface area (Å²) < 4.78 is 0. The van der Waals surface area contributed by atoms with Gasteiger partial charge in [-0.05, 0) is 37.8 Å². The van der Waals surface area contributed by atoms with Gasteiger partial charge < -0.3 is 10.2 Å². The molecule has 1 aliphatic rings. The summed E-state index contributed by atoms with van der Waals surface area (Å²) in [5.74, 6) is 0.901. The first kappa shape index (κ1) is 11.9. The first-order valence-corrected chi connectivity index (χ1v) is 6.17. The zero-order valence-corrected chi connectivity index (χ0v) is 10.5. The third-order valence-electron chi connectivity index (χ3n) is 3.25. The third-order valence-corrected chi connectivity index (χ3v) is 3.25. The number of nitrogens with zero attached hydrogens (tertiary/aromatic N) is 2. The molecule has 0 spiro atoms. The van der Waals surface area contributed by atoms with Gasteiger partial charge in [0.1, 0.15) is 5.82 Å². The Morgan fingerprint density at radius 1 is 1.47 bits per heavy atom. The quantitative estimate of drug-likeness (QED) is 0.856. The Hall–Kier alpha value is -1.58. The Bertz CT molecular complexity index is 417. The summed E-state index contributed by atoms with van der Waals surface area (Å²) in [7, 11) is 1.81. The number of fused-ring (bicyclic) bond motifs is 1. The van der Waals surface area contributed by atoms with E-state index in [2.05, 4.69) is 16.4 Å². The maximum atomic E-state index is 11.6. The maximum Gasteiger partial charge on any atom is 0.241 e. The van der Waals surface area contributed by atoms with Crippen molar-refractivity contribution < 1.29 is 4.79 Å². The average molecular weight is 233 g/mol. The van der Waals surface area contributed by atoms with Crippen molar-refractivity contribution in [1.29, 1.82) is 0 Å². The summed E-state index contributed by atoms with van der Waals surface area (Å²) >= 11 is 0. The predicted molar refractivity (Wildman–Crippen MR) is 68.1 cm³/mol. The van der Waals surface area contributed by atoms with Crippen LogP contribution < -0.4 is 5.32 Å². The summed E-state index contributed by atoms with van der Waals surface area (Å²) in [6, 6.07) is 4.08. The van der Waals surface area contributed by atoms with Crippen LogP contribution in [0.3, 0.4) is 0 Å². The van der Waals surface area contributed by atoms with Crippen LogP contribution >= 0.6 is 0 Å². The van der Waals surface area contributed by atoms with Crippen molar-refractivity contribution in [1.82, 2.24) is 9.88 Å². The minimum atomic E-state index is 0.0924. The standard InChI is InChI=1S/C13H19N3O/c1-3-16(2)13(17)9-14-12-8-7-10-5-4-6-11(10)15-12/h7-8H,3-6,9H2,1-2H3,(H,14,15). The van der Waals surface area contributed by atoms with E-state index in [1.165, 1.54) is 17.7 Å². The Morgan fingerprint density at radius 2 is 2.29 bits per heavy atom. The molecule has 92 valence electrons. The van der Waals surface area contributed by atoms with Gasteiger partial charge in [-0.15, -0.1) is 0 Å². The highest BCUT2D eigenvalue weighted by Crippen LogP contribution is 2.21. The number of aryl methyl sites for hydroxylation is 2. The van der Waals surface area contributed by atoms with Crippen LogP contribution in [0.4, 0.5) is 5.82 Å². The normalized spacial score (nSPS) is 13.3. The number of aromatic nitrogens is 1. The Balaban J connectivity index is 1.93. The molecule has 0 saturated carbocycles. The number of pyridine rings is 1. The fourth-order valence-electron chi connectivity index (χ4n) is 2.00. The number of hydrogen-bond donors (Lipinski definition) is 1. The number of amides is 1. The summed E-state index contributed by atoms with van der Waals surface area (Å²) in [5.41, 5.74) is 2.54. The molecular weight excluding hydrogens is 214 g/mol. The van der Waals surface area contributed by atoms with Crippen LogP contribution in [-0.2, 0) is 17.6 Å². The van der Waals surface area contributed by atoms with Gasteiger partial charge in [-0.3, -0.25) is 4.79 Å². The van der Waals surface area contributed by atoms with Gasteiger partial charge in [-0.25, -0.2) is 4.98 Å². The number of hydrogen-bond acceptors (Lipinski definition) is 3. The van der Waals surface area contributed by atoms with Gasteiger partial charge in [0.2, 0.25) is 5.91 Å². The van der Waals surface area contributed by atoms with Gasteiger partial charge in [0.25, 0.3) is 0 Å². The van der Waals surface area contributed by atoms with Crippen molar-refractivity contribution in [2.45, 2.75) is 26.2 Å². The maximum absolute atomic E-state index is 11.6. The van der Waals surface area contributed by atoms with Crippen LogP contribution in [0.25, 0.3) is 0 Å². The highest BCUT2D eigenvalue weighted by molar-refractivity contribution is 5.80. The van der Waals surface area contributed by atoms with Gasteiger partial charge >= 0.3 is 0 Å². The van der Waals surface area contributed by atoms with Crippen molar-refractivity contribution in [3.05, 3.63) is 23.4 Å². The first-order valence-electron chi connectivity index (χ1n) is 6.17. The molecule has 0 fully saturated rings. The lowest BCUT2D eigenvalue weighted by molar-refractivity contribution is -0.127. The number of anilines is 1. The second-order valence-electron chi connectivity index (χ2n) is 4.42. The van der Waals surface area contributed by atoms with Crippen LogP contribution in [0.1, 0.15) is 24.6 Å². The van der Waals surface area contributed by atoms with Crippen LogP contribution in [0.5, 0.6) is 0 Å². The van der Waals surface area contributed by atoms with Gasteiger partial charge in [0.05, 0.1) is 6.54 Å². The van der Waals surface area contributed by atoms with E-state index in [1.807, 2.05) is 13.0 Å². The molecule has 0 atom stereocenters. The summed E-state index contributed by atoms with van der Waals surface area (Å²) in [4.78, 5) is 17.8. The second kappa shape index (κ2) is 5.17. The minimum Gasteiger partial charge on any atom is -0.361 e. The summed E-state index contributed by atoms with van der Waals surface area (Å²) in [6.07, 6.45) is 3.40. The largest absolute Gasteiger partial charge is 0.361 e. The van der Waals surface area contributed by atoms with E-state index in [4.69, 9.17) is 0 Å². The van der Waals surface area contributed by atoms with Gasteiger partial charge in [-0.2, -0.15) is 0 Å². The molecule has 17 heavy (non-hydrogen) atoms. The molecule has 1 aliphatic carbocycles. The van der Waals surface area contributed by atoms with E-state index < -0.39 is 0 Å². The number of carbonyl (C=O) groups is 1. The van der Waals surface area contributed by atoms with Crippen LogP contribution in [-0.4, -0.2) is 35.9 Å². The fraction of sp³-hybridized carbons (Fsp3) is 0.538. The fourth-order valence-corrected chi connectivity index (χ4v) is 2.00. The SMILES string of the molecule is CCN(C)C(=O)CNc1ccc2c(n1)CCC2. The minimum absolute atomic E-state index is 0.0924. The molecule has 0 aliphatic heterocycles. The Labute approximate surface area is 102 Å². The highest BCUT2D eigenvalue weighted by Gasteiger charge is 2.13. The van der Waals surface area contributed by atoms with Crippen molar-refractivity contribution in [2.24, 2.45) is 0 Å². The molecule has 1 N–H and O–H groups in total. The van der Waals surface area contributed by atoms with Crippen LogP contribution in [0.2, 0.25) is 0 Å². The smallest absolute Gasteiger partial charge is 0.241 e. The molecule has 0 radical (unpaired) electrons. The van der Waals surface area contributed by atoms with Crippen LogP contribution in [0, 0.1) is 0 Å².